The minimum absolute atomic E-state index is 0.190. The molecular formula is C27H26F3N3O5S2. The van der Waals surface area contributed by atoms with Gasteiger partial charge >= 0.3 is 5.51 Å². The van der Waals surface area contributed by atoms with Crippen LogP contribution in [0, 0.1) is 12.3 Å². The Kier molecular flexibility index (Phi) is 10.1. The van der Waals surface area contributed by atoms with E-state index < -0.39 is 15.6 Å². The molecule has 1 aliphatic carbocycles. The fourth-order valence-electron chi connectivity index (χ4n) is 4.20. The van der Waals surface area contributed by atoms with Crippen molar-refractivity contribution < 1.29 is 40.2 Å². The van der Waals surface area contributed by atoms with Crippen LogP contribution in [0.15, 0.2) is 48.5 Å². The number of rotatable bonds is 5. The van der Waals surface area contributed by atoms with E-state index in [0.717, 1.165) is 29.4 Å². The lowest BCUT2D eigenvalue weighted by Crippen LogP contribution is -2.41. The summed E-state index contributed by atoms with van der Waals surface area (Å²) >= 11 is 5.12. The Morgan fingerprint density at radius 1 is 1.12 bits per heavy atom. The van der Waals surface area contributed by atoms with Crippen LogP contribution < -0.4 is 15.2 Å². The number of ether oxygens (including phenoxy) is 1. The molecule has 0 spiro atoms. The van der Waals surface area contributed by atoms with E-state index in [4.69, 9.17) is 36.3 Å². The number of amides is 1. The molecule has 0 bridgehead atoms. The summed E-state index contributed by atoms with van der Waals surface area (Å²) < 4.78 is 66.4. The van der Waals surface area contributed by atoms with Crippen LogP contribution in [0.4, 0.5) is 24.5 Å². The first-order chi connectivity index (χ1) is 18.8. The normalized spacial score (nSPS) is 12.8. The summed E-state index contributed by atoms with van der Waals surface area (Å²) in [5.41, 5.74) is 0.122. The molecule has 0 fully saturated rings. The van der Waals surface area contributed by atoms with Crippen molar-refractivity contribution in [1.29, 1.82) is 0 Å². The summed E-state index contributed by atoms with van der Waals surface area (Å²) in [5.74, 6) is 2.60. The van der Waals surface area contributed by atoms with Crippen molar-refractivity contribution in [3.05, 3.63) is 65.4 Å². The number of terminal acetylenes is 1. The number of benzene rings is 2. The van der Waals surface area contributed by atoms with Gasteiger partial charge in [-0.1, -0.05) is 6.07 Å². The summed E-state index contributed by atoms with van der Waals surface area (Å²) in [6.45, 7) is 2.90. The molecule has 0 unspecified atom stereocenters. The molecule has 40 heavy (non-hydrogen) atoms. The van der Waals surface area contributed by atoms with Crippen LogP contribution in [-0.2, 0) is 34.2 Å². The average Bonchev–Trinajstić information content (AvgIpc) is 2.88. The van der Waals surface area contributed by atoms with Gasteiger partial charge in [-0.15, -0.1) is 6.42 Å². The summed E-state index contributed by atoms with van der Waals surface area (Å²) in [5, 5.41) is 7.35. The Balaban J connectivity index is 0.000000482. The molecule has 13 heteroatoms. The number of halogens is 3. The van der Waals surface area contributed by atoms with Crippen molar-refractivity contribution in [3.8, 4) is 12.3 Å². The third-order valence-electron chi connectivity index (χ3n) is 5.89. The number of aromatic nitrogens is 1. The van der Waals surface area contributed by atoms with Crippen LogP contribution in [-0.4, -0.2) is 36.2 Å². The number of nitrogens with zero attached hydrogens (tertiary/aromatic N) is 1. The minimum atomic E-state index is -6.09. The molecular weight excluding hydrogens is 567 g/mol. The number of nitrogens with one attached hydrogen (secondary N) is 2. The molecule has 8 nitrogen and oxygen atoms in total. The highest BCUT2D eigenvalue weighted by Crippen LogP contribution is 2.25. The van der Waals surface area contributed by atoms with Crippen molar-refractivity contribution in [2.75, 3.05) is 17.2 Å². The second kappa shape index (κ2) is 13.1. The van der Waals surface area contributed by atoms with Crippen molar-refractivity contribution in [2.45, 2.75) is 44.7 Å². The standard InChI is InChI=1S/C26H25N3O2S.CHF3O3S/c1-3-14-29-23-11-6-5-8-18(23)15-20-17-22(12-13-24(20)29)27-25(30)19-9-7-10-21(16-19)28-26(32)31-4-2;2-1(3,4)8(5,6)7/h1,7,9-10,12-13,15-17H,4-6,8,11,14H2,2H3,(H-,27,28,30,32);(H,5,6,7). The van der Waals surface area contributed by atoms with Crippen molar-refractivity contribution in [2.24, 2.45) is 0 Å². The van der Waals surface area contributed by atoms with Crippen LogP contribution in [0.5, 0.6) is 0 Å². The predicted molar refractivity (Wildman–Crippen MR) is 148 cm³/mol. The quantitative estimate of drug-likeness (QED) is 0.145. The predicted octanol–water partition coefficient (Wildman–Crippen LogP) is 4.68. The molecule has 0 atom stereocenters. The Bertz CT molecular complexity index is 1570. The van der Waals surface area contributed by atoms with Gasteiger partial charge in [-0.3, -0.25) is 4.79 Å². The third-order valence-corrected chi connectivity index (χ3v) is 6.68. The van der Waals surface area contributed by atoms with E-state index in [1.165, 1.54) is 24.1 Å². The molecule has 2 N–H and O–H groups in total. The lowest BCUT2D eigenvalue weighted by Gasteiger charge is -2.16. The molecule has 1 heterocycles. The Morgan fingerprint density at radius 3 is 2.45 bits per heavy atom. The molecule has 1 aromatic heterocycles. The maximum absolute atomic E-state index is 12.9. The molecule has 0 saturated carbocycles. The maximum atomic E-state index is 12.9. The number of hydrogen-bond acceptors (Lipinski definition) is 6. The highest BCUT2D eigenvalue weighted by molar-refractivity contribution is 7.86. The first-order valence-electron chi connectivity index (χ1n) is 12.1. The van der Waals surface area contributed by atoms with Crippen molar-refractivity contribution in [3.63, 3.8) is 0 Å². The van der Waals surface area contributed by atoms with Gasteiger partial charge in [-0.2, -0.15) is 17.7 Å². The molecule has 1 amide bonds. The van der Waals surface area contributed by atoms with Gasteiger partial charge in [0.1, 0.15) is 0 Å². The monoisotopic (exact) mass is 593 g/mol. The SMILES string of the molecule is C#CC[n+]1c2c(cc3cc(NC(=O)c4cccc(NC(=S)OCC)c4)ccc31)CCCC2.O=S(=O)([O-])C(F)(F)F. The number of carbonyl (C=O) groups is 1. The number of thiocarbonyl (C=S) groups is 1. The van der Waals surface area contributed by atoms with Crippen molar-refractivity contribution >= 4 is 55.7 Å². The van der Waals surface area contributed by atoms with Gasteiger partial charge in [0.2, 0.25) is 12.1 Å². The van der Waals surface area contributed by atoms with E-state index >= 15 is 0 Å². The number of aryl methyl sites for hydroxylation is 1. The van der Waals surface area contributed by atoms with Gasteiger partial charge in [0.15, 0.2) is 15.8 Å². The highest BCUT2D eigenvalue weighted by atomic mass is 32.2. The van der Waals surface area contributed by atoms with Crippen LogP contribution >= 0.6 is 12.2 Å². The largest absolute Gasteiger partial charge is 0.741 e. The number of fused-ring (bicyclic) bond motifs is 2. The summed E-state index contributed by atoms with van der Waals surface area (Å²) in [6, 6.07) is 15.4. The zero-order valence-corrected chi connectivity index (χ0v) is 23.0. The molecule has 212 valence electrons. The Hall–Kier alpha value is -3.73. The van der Waals surface area contributed by atoms with E-state index in [-0.39, 0.29) is 11.1 Å². The first-order valence-corrected chi connectivity index (χ1v) is 13.9. The van der Waals surface area contributed by atoms with Crippen LogP contribution in [0.3, 0.4) is 0 Å². The van der Waals surface area contributed by atoms with Gasteiger partial charge in [0, 0.05) is 40.4 Å². The topological polar surface area (TPSA) is 111 Å². The second-order valence-corrected chi connectivity index (χ2v) is 10.4. The zero-order chi connectivity index (χ0) is 29.5. The molecule has 0 radical (unpaired) electrons. The Morgan fingerprint density at radius 2 is 1.80 bits per heavy atom. The molecule has 2 aromatic carbocycles. The van der Waals surface area contributed by atoms with E-state index in [1.807, 2.05) is 31.2 Å². The van der Waals surface area contributed by atoms with Crippen LogP contribution in [0.2, 0.25) is 0 Å². The zero-order valence-electron chi connectivity index (χ0n) is 21.4. The van der Waals surface area contributed by atoms with Gasteiger partial charge < -0.3 is 19.9 Å². The molecule has 4 rings (SSSR count). The molecule has 3 aromatic rings. The van der Waals surface area contributed by atoms with E-state index in [9.17, 15) is 18.0 Å². The number of pyridine rings is 1. The lowest BCUT2D eigenvalue weighted by molar-refractivity contribution is -0.667. The van der Waals surface area contributed by atoms with Gasteiger partial charge in [-0.05, 0) is 80.7 Å². The first kappa shape index (κ1) is 30.8. The van der Waals surface area contributed by atoms with Gasteiger partial charge in [0.05, 0.1) is 6.61 Å². The van der Waals surface area contributed by atoms with E-state index in [1.54, 1.807) is 18.2 Å². The summed E-state index contributed by atoms with van der Waals surface area (Å²) in [6.07, 6.45) is 10.2. The lowest BCUT2D eigenvalue weighted by atomic mass is 9.94. The number of carbonyl (C=O) groups excluding carboxylic acids is 1. The highest BCUT2D eigenvalue weighted by Gasteiger charge is 2.37. The number of alkyl halides is 3. The van der Waals surface area contributed by atoms with Crippen molar-refractivity contribution in [1.82, 2.24) is 0 Å². The molecule has 1 aliphatic rings. The Labute approximate surface area is 235 Å². The summed E-state index contributed by atoms with van der Waals surface area (Å²) in [4.78, 5) is 12.9. The maximum Gasteiger partial charge on any atom is 0.485 e. The smallest absolute Gasteiger partial charge is 0.485 e. The van der Waals surface area contributed by atoms with Crippen LogP contribution in [0.25, 0.3) is 10.9 Å². The number of hydrogen-bond donors (Lipinski definition) is 2. The van der Waals surface area contributed by atoms with Crippen LogP contribution in [0.1, 0.15) is 41.4 Å². The third kappa shape index (κ3) is 7.91. The average molecular weight is 594 g/mol. The van der Waals surface area contributed by atoms with Gasteiger partial charge in [0.25, 0.3) is 11.1 Å². The van der Waals surface area contributed by atoms with E-state index in [2.05, 4.69) is 27.2 Å². The fourth-order valence-corrected chi connectivity index (χ4v) is 4.44. The second-order valence-electron chi connectivity index (χ2n) is 8.67. The minimum Gasteiger partial charge on any atom is -0.741 e. The van der Waals surface area contributed by atoms with Gasteiger partial charge in [-0.25, -0.2) is 8.42 Å². The summed E-state index contributed by atoms with van der Waals surface area (Å²) in [7, 11) is -6.09. The van der Waals surface area contributed by atoms with E-state index in [0.29, 0.717) is 24.4 Å². The molecule has 0 aliphatic heterocycles. The molecule has 0 saturated heterocycles. The fraction of sp³-hybridized carbons (Fsp3) is 0.296. The number of anilines is 2.